The number of nitrogens with zero attached hydrogens (tertiary/aromatic N) is 1. The Labute approximate surface area is 133 Å². The molecule has 1 aliphatic carbocycles. The van der Waals surface area contributed by atoms with E-state index in [1.54, 1.807) is 11.3 Å². The highest BCUT2D eigenvalue weighted by Crippen LogP contribution is 2.34. The first-order valence-corrected chi connectivity index (χ1v) is 8.94. The van der Waals surface area contributed by atoms with E-state index in [2.05, 4.69) is 18.8 Å². The number of hydrogen-bond donors (Lipinski definition) is 2. The summed E-state index contributed by atoms with van der Waals surface area (Å²) in [4.78, 5) is 24.0. The summed E-state index contributed by atoms with van der Waals surface area (Å²) in [6, 6.07) is 0. The first-order valence-electron chi connectivity index (χ1n) is 8.12. The molecule has 0 aromatic carbocycles. The number of aromatic amines is 1. The highest BCUT2D eigenvalue weighted by molar-refractivity contribution is 7.18. The minimum absolute atomic E-state index is 0.0492. The topological polar surface area (TPSA) is 59.4 Å². The molecule has 118 valence electrons. The van der Waals surface area contributed by atoms with Gasteiger partial charge in [-0.3, -0.25) is 4.79 Å². The molecule has 1 aliphatic heterocycles. The van der Waals surface area contributed by atoms with Crippen LogP contribution in [-0.2, 0) is 24.1 Å². The SMILES string of the molecule is C[C@@H]1C[NH+](Cc2nc3sc4c(c3c(=O)[nH]2)CCC4)C[C@H](C)O1. The Hall–Kier alpha value is -1.24. The van der Waals surface area contributed by atoms with Crippen molar-refractivity contribution in [1.29, 1.82) is 0 Å². The number of aryl methyl sites for hydroxylation is 2. The second-order valence-corrected chi connectivity index (χ2v) is 7.73. The van der Waals surface area contributed by atoms with E-state index < -0.39 is 0 Å². The van der Waals surface area contributed by atoms with E-state index in [-0.39, 0.29) is 17.8 Å². The molecular formula is C16H22N3O2S+. The first kappa shape index (κ1) is 14.4. The van der Waals surface area contributed by atoms with Crippen LogP contribution in [0.2, 0.25) is 0 Å². The summed E-state index contributed by atoms with van der Waals surface area (Å²) < 4.78 is 5.78. The van der Waals surface area contributed by atoms with Gasteiger partial charge in [-0.05, 0) is 38.7 Å². The molecule has 0 saturated carbocycles. The molecule has 6 heteroatoms. The highest BCUT2D eigenvalue weighted by Gasteiger charge is 2.27. The molecule has 2 aromatic heterocycles. The van der Waals surface area contributed by atoms with E-state index in [1.807, 2.05) is 0 Å². The molecule has 0 amide bonds. The molecule has 3 heterocycles. The van der Waals surface area contributed by atoms with E-state index >= 15 is 0 Å². The van der Waals surface area contributed by atoms with Crippen LogP contribution in [0.5, 0.6) is 0 Å². The maximum atomic E-state index is 12.5. The van der Waals surface area contributed by atoms with Crippen LogP contribution in [0.25, 0.3) is 10.2 Å². The van der Waals surface area contributed by atoms with Gasteiger partial charge in [0.25, 0.3) is 5.56 Å². The van der Waals surface area contributed by atoms with Gasteiger partial charge in [0, 0.05) is 4.88 Å². The summed E-state index contributed by atoms with van der Waals surface area (Å²) in [5.74, 6) is 0.814. The summed E-state index contributed by atoms with van der Waals surface area (Å²) >= 11 is 1.71. The maximum Gasteiger partial charge on any atom is 0.260 e. The monoisotopic (exact) mass is 320 g/mol. The Balaban J connectivity index is 1.64. The molecule has 1 unspecified atom stereocenters. The molecule has 1 fully saturated rings. The van der Waals surface area contributed by atoms with Crippen molar-refractivity contribution in [2.75, 3.05) is 13.1 Å². The van der Waals surface area contributed by atoms with E-state index in [9.17, 15) is 4.79 Å². The van der Waals surface area contributed by atoms with Gasteiger partial charge < -0.3 is 14.6 Å². The lowest BCUT2D eigenvalue weighted by Gasteiger charge is -2.32. The fourth-order valence-electron chi connectivity index (χ4n) is 3.90. The minimum atomic E-state index is 0.0492. The summed E-state index contributed by atoms with van der Waals surface area (Å²) in [6.45, 7) is 6.92. The van der Waals surface area contributed by atoms with Crippen molar-refractivity contribution in [3.8, 4) is 0 Å². The van der Waals surface area contributed by atoms with E-state index in [4.69, 9.17) is 9.72 Å². The molecule has 3 atom stereocenters. The fraction of sp³-hybridized carbons (Fsp3) is 0.625. The van der Waals surface area contributed by atoms with Gasteiger partial charge in [0.1, 0.15) is 36.7 Å². The number of hydrogen-bond acceptors (Lipinski definition) is 4. The van der Waals surface area contributed by atoms with Crippen LogP contribution in [0.4, 0.5) is 0 Å². The highest BCUT2D eigenvalue weighted by atomic mass is 32.1. The molecule has 4 rings (SSSR count). The van der Waals surface area contributed by atoms with Crippen molar-refractivity contribution in [2.24, 2.45) is 0 Å². The third-order valence-electron chi connectivity index (χ3n) is 4.66. The van der Waals surface area contributed by atoms with E-state index in [1.165, 1.54) is 21.8 Å². The molecular weight excluding hydrogens is 298 g/mol. The lowest BCUT2D eigenvalue weighted by atomic mass is 10.2. The standard InChI is InChI=1S/C16H21N3O2S/c1-9-6-19(7-10(2)21-9)8-13-17-15(20)14-11-4-3-5-12(11)22-16(14)18-13/h9-10H,3-8H2,1-2H3,(H,17,18,20)/p+1/t9-,10+. The van der Waals surface area contributed by atoms with Crippen molar-refractivity contribution in [3.63, 3.8) is 0 Å². The zero-order valence-electron chi connectivity index (χ0n) is 13.1. The van der Waals surface area contributed by atoms with Crippen LogP contribution in [0.15, 0.2) is 4.79 Å². The van der Waals surface area contributed by atoms with Gasteiger partial charge >= 0.3 is 0 Å². The second kappa shape index (κ2) is 5.44. The van der Waals surface area contributed by atoms with Crippen molar-refractivity contribution in [1.82, 2.24) is 9.97 Å². The zero-order valence-corrected chi connectivity index (χ0v) is 13.9. The largest absolute Gasteiger partial charge is 0.364 e. The van der Waals surface area contributed by atoms with Gasteiger partial charge in [-0.25, -0.2) is 4.98 Å². The summed E-state index contributed by atoms with van der Waals surface area (Å²) in [7, 11) is 0. The summed E-state index contributed by atoms with van der Waals surface area (Å²) in [6.07, 6.45) is 3.84. The summed E-state index contributed by atoms with van der Waals surface area (Å²) in [5.41, 5.74) is 1.30. The molecule has 2 aliphatic rings. The Morgan fingerprint density at radius 3 is 2.86 bits per heavy atom. The molecule has 5 nitrogen and oxygen atoms in total. The Kier molecular flexibility index (Phi) is 3.55. The van der Waals surface area contributed by atoms with Gasteiger partial charge in [-0.15, -0.1) is 11.3 Å². The number of morpholine rings is 1. The molecule has 1 saturated heterocycles. The lowest BCUT2D eigenvalue weighted by molar-refractivity contribution is -0.928. The van der Waals surface area contributed by atoms with Crippen molar-refractivity contribution in [2.45, 2.75) is 51.9 Å². The van der Waals surface area contributed by atoms with Crippen LogP contribution in [0.3, 0.4) is 0 Å². The van der Waals surface area contributed by atoms with Gasteiger partial charge in [-0.1, -0.05) is 0 Å². The van der Waals surface area contributed by atoms with Crippen molar-refractivity contribution in [3.05, 3.63) is 26.6 Å². The smallest absolute Gasteiger partial charge is 0.260 e. The number of rotatable bonds is 2. The number of aromatic nitrogens is 2. The minimum Gasteiger partial charge on any atom is -0.364 e. The first-order chi connectivity index (χ1) is 10.6. The van der Waals surface area contributed by atoms with Crippen LogP contribution in [0.1, 0.15) is 36.5 Å². The van der Waals surface area contributed by atoms with Crippen LogP contribution in [-0.4, -0.2) is 35.3 Å². The number of fused-ring (bicyclic) bond motifs is 3. The van der Waals surface area contributed by atoms with Crippen LogP contribution < -0.4 is 10.5 Å². The molecule has 22 heavy (non-hydrogen) atoms. The molecule has 2 aromatic rings. The zero-order chi connectivity index (χ0) is 15.3. The normalized spacial score (nSPS) is 28.2. The molecule has 0 bridgehead atoms. The average molecular weight is 320 g/mol. The molecule has 0 radical (unpaired) electrons. The van der Waals surface area contributed by atoms with Crippen molar-refractivity contribution < 1.29 is 9.64 Å². The predicted octanol–water partition coefficient (Wildman–Crippen LogP) is 0.665. The Morgan fingerprint density at radius 1 is 1.32 bits per heavy atom. The Morgan fingerprint density at radius 2 is 2.09 bits per heavy atom. The van der Waals surface area contributed by atoms with Gasteiger partial charge in [0.15, 0.2) is 5.82 Å². The number of nitrogens with one attached hydrogen (secondary N) is 2. The Bertz CT molecular complexity index is 757. The quantitative estimate of drug-likeness (QED) is 0.855. The fourth-order valence-corrected chi connectivity index (χ4v) is 5.18. The predicted molar refractivity (Wildman–Crippen MR) is 86.7 cm³/mol. The van der Waals surface area contributed by atoms with E-state index in [0.717, 1.165) is 48.5 Å². The number of quaternary nitrogens is 1. The van der Waals surface area contributed by atoms with Crippen molar-refractivity contribution >= 4 is 21.6 Å². The van der Waals surface area contributed by atoms with Gasteiger partial charge in [-0.2, -0.15) is 0 Å². The van der Waals surface area contributed by atoms with Gasteiger partial charge in [0.2, 0.25) is 0 Å². The third kappa shape index (κ3) is 2.49. The number of H-pyrrole nitrogens is 1. The lowest BCUT2D eigenvalue weighted by Crippen LogP contribution is -3.14. The second-order valence-electron chi connectivity index (χ2n) is 6.64. The molecule has 2 N–H and O–H groups in total. The van der Waals surface area contributed by atoms with E-state index in [0.29, 0.717) is 0 Å². The number of thiophene rings is 1. The van der Waals surface area contributed by atoms with Crippen LogP contribution >= 0.6 is 11.3 Å². The maximum absolute atomic E-state index is 12.5. The third-order valence-corrected chi connectivity index (χ3v) is 5.84. The number of ether oxygens (including phenoxy) is 1. The molecule has 0 spiro atoms. The average Bonchev–Trinajstić information content (AvgIpc) is 2.96. The van der Waals surface area contributed by atoms with Gasteiger partial charge in [0.05, 0.1) is 5.39 Å². The summed E-state index contributed by atoms with van der Waals surface area (Å²) in [5, 5.41) is 0.847. The van der Waals surface area contributed by atoms with Crippen LogP contribution in [0, 0.1) is 0 Å².